The predicted molar refractivity (Wildman–Crippen MR) is 90.5 cm³/mol. The normalized spacial score (nSPS) is 18.8. The number of carboxylic acids is 1. The van der Waals surface area contributed by atoms with Gasteiger partial charge in [-0.2, -0.15) is 0 Å². The van der Waals surface area contributed by atoms with E-state index in [1.165, 1.54) is 12.1 Å². The first kappa shape index (κ1) is 17.0. The number of carboxylic acid groups (broad SMARTS) is 1. The quantitative estimate of drug-likeness (QED) is 0.869. The molecule has 0 saturated carbocycles. The Hall–Kier alpha value is -1.88. The van der Waals surface area contributed by atoms with Gasteiger partial charge in [0, 0.05) is 23.5 Å². The number of aliphatic carboxylic acids is 1. The van der Waals surface area contributed by atoms with Crippen molar-refractivity contribution in [1.29, 1.82) is 0 Å². The van der Waals surface area contributed by atoms with Crippen LogP contribution >= 0.6 is 0 Å². The molecule has 1 aliphatic heterocycles. The average Bonchev–Trinajstić information content (AvgIpc) is 3.12. The molecule has 4 nitrogen and oxygen atoms in total. The van der Waals surface area contributed by atoms with Crippen LogP contribution < -0.4 is 0 Å². The lowest BCUT2D eigenvalue weighted by atomic mass is 9.85. The Bertz CT molecular complexity index is 791. The molecule has 0 spiro atoms. The first-order chi connectivity index (χ1) is 11.3. The summed E-state index contributed by atoms with van der Waals surface area (Å²) in [6.45, 7) is 6.18. The van der Waals surface area contributed by atoms with E-state index < -0.39 is 17.5 Å². The molecule has 1 aromatic carbocycles. The number of halogens is 1. The molecule has 2 atom stereocenters. The highest BCUT2D eigenvalue weighted by atomic mass is 19.1. The van der Waals surface area contributed by atoms with Crippen LogP contribution in [0.2, 0.25) is 0 Å². The van der Waals surface area contributed by atoms with E-state index in [-0.39, 0.29) is 11.7 Å². The van der Waals surface area contributed by atoms with Gasteiger partial charge in [-0.25, -0.2) is 4.39 Å². The molecule has 2 unspecified atom stereocenters. The van der Waals surface area contributed by atoms with Crippen molar-refractivity contribution in [2.45, 2.75) is 58.1 Å². The third-order valence-corrected chi connectivity index (χ3v) is 5.73. The average molecular weight is 333 g/mol. The van der Waals surface area contributed by atoms with Gasteiger partial charge < -0.3 is 14.8 Å². The second-order valence-electron chi connectivity index (χ2n) is 6.87. The molecule has 0 radical (unpaired) electrons. The van der Waals surface area contributed by atoms with Crippen LogP contribution in [0.25, 0.3) is 10.9 Å². The summed E-state index contributed by atoms with van der Waals surface area (Å²) in [5.41, 5.74) is 1.21. The van der Waals surface area contributed by atoms with Crippen molar-refractivity contribution >= 4 is 16.9 Å². The van der Waals surface area contributed by atoms with Crippen molar-refractivity contribution in [2.75, 3.05) is 0 Å². The fourth-order valence-electron chi connectivity index (χ4n) is 4.01. The van der Waals surface area contributed by atoms with E-state index in [1.807, 2.05) is 24.5 Å². The van der Waals surface area contributed by atoms with Crippen molar-refractivity contribution in [3.63, 3.8) is 0 Å². The zero-order valence-electron chi connectivity index (χ0n) is 14.3. The van der Waals surface area contributed by atoms with Gasteiger partial charge >= 0.3 is 5.97 Å². The van der Waals surface area contributed by atoms with Gasteiger partial charge in [-0.1, -0.05) is 20.8 Å². The first-order valence-electron chi connectivity index (χ1n) is 8.60. The standard InChI is InChI=1S/C19H24FNO3/c1-4-19(24,5-2)15-8-12(20)9-16-14(15)10-17-13(6-7-21(16)17)11(3)18(22)23/h8-11,13,24H,4-7H2,1-3H3,(H,22,23). The van der Waals surface area contributed by atoms with Crippen LogP contribution in [-0.4, -0.2) is 20.7 Å². The molecule has 130 valence electrons. The van der Waals surface area contributed by atoms with E-state index in [1.54, 1.807) is 6.92 Å². The van der Waals surface area contributed by atoms with E-state index in [0.717, 1.165) is 23.0 Å². The molecule has 3 rings (SSSR count). The Kier molecular flexibility index (Phi) is 4.16. The van der Waals surface area contributed by atoms with Gasteiger partial charge in [0.05, 0.1) is 17.0 Å². The minimum Gasteiger partial charge on any atom is -0.481 e. The van der Waals surface area contributed by atoms with Crippen LogP contribution in [0.1, 0.15) is 57.2 Å². The largest absolute Gasteiger partial charge is 0.481 e. The summed E-state index contributed by atoms with van der Waals surface area (Å²) >= 11 is 0. The Labute approximate surface area is 140 Å². The summed E-state index contributed by atoms with van der Waals surface area (Å²) in [6, 6.07) is 4.86. The number of aryl methyl sites for hydroxylation is 1. The maximum Gasteiger partial charge on any atom is 0.306 e. The maximum atomic E-state index is 14.2. The summed E-state index contributed by atoms with van der Waals surface area (Å²) in [6.07, 6.45) is 1.74. The predicted octanol–water partition coefficient (Wildman–Crippen LogP) is 4.00. The number of benzene rings is 1. The van der Waals surface area contributed by atoms with Gasteiger partial charge in [0.25, 0.3) is 0 Å². The number of carbonyl (C=O) groups is 1. The zero-order chi connectivity index (χ0) is 17.6. The molecule has 2 N–H and O–H groups in total. The fourth-order valence-corrected chi connectivity index (χ4v) is 4.01. The molecule has 0 amide bonds. The Morgan fingerprint density at radius 1 is 1.38 bits per heavy atom. The minimum absolute atomic E-state index is 0.0813. The summed E-state index contributed by atoms with van der Waals surface area (Å²) in [4.78, 5) is 11.4. The van der Waals surface area contributed by atoms with Crippen LogP contribution in [0.5, 0.6) is 0 Å². The molecule has 0 bridgehead atoms. The molecule has 1 aliphatic rings. The fraction of sp³-hybridized carbons (Fsp3) is 0.526. The van der Waals surface area contributed by atoms with E-state index in [9.17, 15) is 19.4 Å². The molecule has 1 aromatic heterocycles. The van der Waals surface area contributed by atoms with Gasteiger partial charge in [-0.05, 0) is 43.0 Å². The highest BCUT2D eigenvalue weighted by Gasteiger charge is 2.35. The van der Waals surface area contributed by atoms with Crippen molar-refractivity contribution in [3.05, 3.63) is 35.3 Å². The van der Waals surface area contributed by atoms with Gasteiger partial charge in [0.15, 0.2) is 0 Å². The number of aromatic nitrogens is 1. The van der Waals surface area contributed by atoms with Gasteiger partial charge in [0.2, 0.25) is 0 Å². The van der Waals surface area contributed by atoms with Gasteiger partial charge in [0.1, 0.15) is 5.82 Å². The monoisotopic (exact) mass is 333 g/mol. The van der Waals surface area contributed by atoms with Crippen molar-refractivity contribution in [1.82, 2.24) is 4.57 Å². The van der Waals surface area contributed by atoms with Crippen molar-refractivity contribution in [3.8, 4) is 0 Å². The molecule has 0 aliphatic carbocycles. The second-order valence-corrected chi connectivity index (χ2v) is 6.87. The molecular formula is C19H24FNO3. The molecule has 2 aromatic rings. The summed E-state index contributed by atoms with van der Waals surface area (Å²) in [5.74, 6) is -1.75. The SMILES string of the molecule is CCC(O)(CC)c1cc(F)cc2c1cc1n2CCC1C(C)C(=O)O. The molecule has 2 heterocycles. The molecule has 0 saturated heterocycles. The van der Waals surface area contributed by atoms with Crippen LogP contribution in [0.15, 0.2) is 18.2 Å². The molecule has 5 heteroatoms. The third-order valence-electron chi connectivity index (χ3n) is 5.73. The Balaban J connectivity index is 2.22. The van der Waals surface area contributed by atoms with Crippen LogP contribution in [0, 0.1) is 11.7 Å². The maximum absolute atomic E-state index is 14.2. The summed E-state index contributed by atoms with van der Waals surface area (Å²) in [5, 5.41) is 21.1. The number of hydrogen-bond acceptors (Lipinski definition) is 2. The number of aliphatic hydroxyl groups is 1. The highest BCUT2D eigenvalue weighted by Crippen LogP contribution is 2.42. The lowest BCUT2D eigenvalue weighted by molar-refractivity contribution is -0.141. The smallest absolute Gasteiger partial charge is 0.306 e. The number of rotatable bonds is 5. The highest BCUT2D eigenvalue weighted by molar-refractivity contribution is 5.86. The second kappa shape index (κ2) is 5.88. The Morgan fingerprint density at radius 2 is 2.04 bits per heavy atom. The van der Waals surface area contributed by atoms with E-state index in [2.05, 4.69) is 0 Å². The lowest BCUT2D eigenvalue weighted by Crippen LogP contribution is -2.24. The molecule has 0 fully saturated rings. The van der Waals surface area contributed by atoms with Crippen LogP contribution in [0.3, 0.4) is 0 Å². The summed E-state index contributed by atoms with van der Waals surface area (Å²) < 4.78 is 16.2. The van der Waals surface area contributed by atoms with E-state index in [4.69, 9.17) is 0 Å². The summed E-state index contributed by atoms with van der Waals surface area (Å²) in [7, 11) is 0. The number of nitrogens with zero attached hydrogens (tertiary/aromatic N) is 1. The van der Waals surface area contributed by atoms with Gasteiger partial charge in [-0.15, -0.1) is 0 Å². The third kappa shape index (κ3) is 2.42. The van der Waals surface area contributed by atoms with E-state index in [0.29, 0.717) is 24.9 Å². The zero-order valence-corrected chi connectivity index (χ0v) is 14.3. The number of fused-ring (bicyclic) bond motifs is 3. The van der Waals surface area contributed by atoms with Gasteiger partial charge in [-0.3, -0.25) is 4.79 Å². The van der Waals surface area contributed by atoms with E-state index >= 15 is 0 Å². The molecule has 24 heavy (non-hydrogen) atoms. The van der Waals surface area contributed by atoms with Crippen LogP contribution in [0.4, 0.5) is 4.39 Å². The van der Waals surface area contributed by atoms with Crippen LogP contribution in [-0.2, 0) is 16.9 Å². The lowest BCUT2D eigenvalue weighted by Gasteiger charge is -2.27. The topological polar surface area (TPSA) is 62.5 Å². The number of hydrogen-bond donors (Lipinski definition) is 2. The first-order valence-corrected chi connectivity index (χ1v) is 8.60. The molecular weight excluding hydrogens is 309 g/mol. The minimum atomic E-state index is -1.07. The van der Waals surface area contributed by atoms with Crippen molar-refractivity contribution in [2.24, 2.45) is 5.92 Å². The van der Waals surface area contributed by atoms with Crippen molar-refractivity contribution < 1.29 is 19.4 Å². The Morgan fingerprint density at radius 3 is 2.62 bits per heavy atom.